The zero-order chi connectivity index (χ0) is 45.2. The van der Waals surface area contributed by atoms with E-state index in [1.165, 1.54) is 58.3 Å². The molecule has 334 valence electrons. The van der Waals surface area contributed by atoms with Gasteiger partial charge in [-0.3, -0.25) is 14.4 Å². The minimum absolute atomic E-state index is 0.0622. The average Bonchev–Trinajstić information content (AvgIpc) is 3.13. The van der Waals surface area contributed by atoms with E-state index >= 15 is 0 Å². The first-order valence-corrected chi connectivity index (χ1v) is 22.7. The van der Waals surface area contributed by atoms with Crippen molar-refractivity contribution < 1.29 is 29.3 Å². The van der Waals surface area contributed by atoms with E-state index < -0.39 is 23.2 Å². The summed E-state index contributed by atoms with van der Waals surface area (Å²) >= 11 is 0. The third kappa shape index (κ3) is 24.4. The number of carbonyl (C=O) groups excluding carboxylic acids is 3. The lowest BCUT2D eigenvalue weighted by atomic mass is 9.65. The molecule has 0 heterocycles. The summed E-state index contributed by atoms with van der Waals surface area (Å²) in [6.07, 6.45) is 39.1. The van der Waals surface area contributed by atoms with Crippen molar-refractivity contribution in [3.63, 3.8) is 0 Å². The topological polar surface area (TPSA) is 101 Å². The average molecular weight is 827 g/mol. The van der Waals surface area contributed by atoms with Gasteiger partial charge in [0.05, 0.1) is 11.7 Å². The SMILES string of the molecule is CCCCCCCCCCCCCC(=O)OC(CC(C)=O)CC(C)(C)C(=O)C=CC(C)=CC=CC(C)=CC=CC=C(C)C=CC=C(C)C=C=C1C(C)(C)CC(O)CC1(C)O. The predicted octanol–water partition coefficient (Wildman–Crippen LogP) is 13.6. The van der Waals surface area contributed by atoms with E-state index in [-0.39, 0.29) is 35.8 Å². The van der Waals surface area contributed by atoms with E-state index in [9.17, 15) is 24.6 Å². The van der Waals surface area contributed by atoms with E-state index in [0.717, 1.165) is 47.1 Å². The van der Waals surface area contributed by atoms with Gasteiger partial charge < -0.3 is 14.9 Å². The second kappa shape index (κ2) is 28.7. The van der Waals surface area contributed by atoms with Crippen LogP contribution < -0.4 is 0 Å². The first kappa shape index (κ1) is 54.2. The fourth-order valence-corrected chi connectivity index (χ4v) is 7.68. The molecule has 0 aromatic rings. The van der Waals surface area contributed by atoms with Crippen LogP contribution in [0.2, 0.25) is 0 Å². The van der Waals surface area contributed by atoms with Crippen molar-refractivity contribution in [2.45, 2.75) is 197 Å². The van der Waals surface area contributed by atoms with Crippen LogP contribution in [-0.4, -0.2) is 45.6 Å². The molecular formula is C54H82O6. The van der Waals surface area contributed by atoms with Crippen molar-refractivity contribution in [1.29, 1.82) is 0 Å². The van der Waals surface area contributed by atoms with Crippen molar-refractivity contribution >= 4 is 17.5 Å². The van der Waals surface area contributed by atoms with E-state index in [1.807, 2.05) is 122 Å². The zero-order valence-corrected chi connectivity index (χ0v) is 39.5. The summed E-state index contributed by atoms with van der Waals surface area (Å²) < 4.78 is 5.76. The minimum atomic E-state index is -1.08. The van der Waals surface area contributed by atoms with Crippen LogP contribution >= 0.6 is 0 Å². The van der Waals surface area contributed by atoms with E-state index in [2.05, 4.69) is 12.7 Å². The highest BCUT2D eigenvalue weighted by atomic mass is 16.5. The summed E-state index contributed by atoms with van der Waals surface area (Å²) in [4.78, 5) is 38.0. The molecule has 3 atom stereocenters. The Morgan fingerprint density at radius 2 is 1.20 bits per heavy atom. The van der Waals surface area contributed by atoms with Crippen molar-refractivity contribution in [1.82, 2.24) is 0 Å². The van der Waals surface area contributed by atoms with Gasteiger partial charge in [0, 0.05) is 30.3 Å². The Kier molecular flexibility index (Phi) is 25.9. The number of unbranched alkanes of at least 4 members (excludes halogenated alkanes) is 10. The van der Waals surface area contributed by atoms with Crippen LogP contribution in [0.4, 0.5) is 0 Å². The van der Waals surface area contributed by atoms with Gasteiger partial charge in [0.1, 0.15) is 11.9 Å². The molecule has 6 heteroatoms. The third-order valence-corrected chi connectivity index (χ3v) is 11.0. The van der Waals surface area contributed by atoms with Crippen LogP contribution in [0.25, 0.3) is 0 Å². The molecule has 1 rings (SSSR count). The number of ether oxygens (including phenoxy) is 1. The van der Waals surface area contributed by atoms with Gasteiger partial charge in [0.25, 0.3) is 0 Å². The molecule has 0 aromatic heterocycles. The van der Waals surface area contributed by atoms with Crippen molar-refractivity contribution in [3.05, 3.63) is 113 Å². The summed E-state index contributed by atoms with van der Waals surface area (Å²) in [6, 6.07) is 0. The van der Waals surface area contributed by atoms with Crippen LogP contribution in [-0.2, 0) is 19.1 Å². The highest BCUT2D eigenvalue weighted by Gasteiger charge is 2.44. The van der Waals surface area contributed by atoms with E-state index in [4.69, 9.17) is 4.74 Å². The summed E-state index contributed by atoms with van der Waals surface area (Å²) in [6.45, 7) is 21.3. The molecule has 0 spiro atoms. The number of allylic oxidation sites excluding steroid dienone is 16. The molecule has 0 amide bonds. The highest BCUT2D eigenvalue weighted by molar-refractivity contribution is 5.94. The van der Waals surface area contributed by atoms with Crippen molar-refractivity contribution in [3.8, 4) is 0 Å². The number of ketones is 2. The number of Topliss-reactive ketones (excluding diaryl/α,β-unsaturated/α-hetero) is 1. The molecule has 0 bridgehead atoms. The van der Waals surface area contributed by atoms with Gasteiger partial charge in [-0.2, -0.15) is 0 Å². The van der Waals surface area contributed by atoms with Gasteiger partial charge in [-0.25, -0.2) is 0 Å². The van der Waals surface area contributed by atoms with Crippen molar-refractivity contribution in [2.24, 2.45) is 10.8 Å². The molecule has 0 aromatic carbocycles. The lowest BCUT2D eigenvalue weighted by molar-refractivity contribution is -0.152. The van der Waals surface area contributed by atoms with Gasteiger partial charge >= 0.3 is 5.97 Å². The fourth-order valence-electron chi connectivity index (χ4n) is 7.68. The van der Waals surface area contributed by atoms with Gasteiger partial charge in [0.15, 0.2) is 5.78 Å². The number of esters is 1. The molecule has 0 radical (unpaired) electrons. The Morgan fingerprint density at radius 1 is 0.717 bits per heavy atom. The molecule has 0 aliphatic heterocycles. The van der Waals surface area contributed by atoms with Gasteiger partial charge in [-0.15, -0.1) is 5.73 Å². The number of hydrogen-bond acceptors (Lipinski definition) is 6. The smallest absolute Gasteiger partial charge is 0.306 e. The summed E-state index contributed by atoms with van der Waals surface area (Å²) in [5.74, 6) is -0.430. The third-order valence-electron chi connectivity index (χ3n) is 11.0. The maximum atomic E-state index is 13.2. The molecule has 2 N–H and O–H groups in total. The molecule has 6 nitrogen and oxygen atoms in total. The van der Waals surface area contributed by atoms with E-state index in [1.54, 1.807) is 19.1 Å². The second-order valence-corrected chi connectivity index (χ2v) is 18.7. The Morgan fingerprint density at radius 3 is 1.72 bits per heavy atom. The number of aliphatic hydroxyl groups excluding tert-OH is 1. The maximum absolute atomic E-state index is 13.2. The van der Waals surface area contributed by atoms with Gasteiger partial charge in [-0.05, 0) is 83.9 Å². The lowest BCUT2D eigenvalue weighted by Gasteiger charge is -2.43. The normalized spacial score (nSPS) is 20.1. The lowest BCUT2D eigenvalue weighted by Crippen LogP contribution is -2.45. The Hall–Kier alpha value is -3.83. The summed E-state index contributed by atoms with van der Waals surface area (Å²) in [5.41, 5.74) is 6.04. The number of rotatable bonds is 27. The van der Waals surface area contributed by atoms with Gasteiger partial charge in [0.2, 0.25) is 0 Å². The number of aliphatic hydroxyl groups is 2. The maximum Gasteiger partial charge on any atom is 0.306 e. The molecule has 1 aliphatic rings. The Labute approximate surface area is 365 Å². The number of carbonyl (C=O) groups is 3. The van der Waals surface area contributed by atoms with Crippen LogP contribution in [0.15, 0.2) is 113 Å². The van der Waals surface area contributed by atoms with Crippen LogP contribution in [0.5, 0.6) is 0 Å². The van der Waals surface area contributed by atoms with Crippen LogP contribution in [0.3, 0.4) is 0 Å². The molecule has 60 heavy (non-hydrogen) atoms. The van der Waals surface area contributed by atoms with Crippen LogP contribution in [0.1, 0.15) is 179 Å². The Balaban J connectivity index is 2.64. The first-order chi connectivity index (χ1) is 28.2. The molecule has 3 unspecified atom stereocenters. The van der Waals surface area contributed by atoms with Gasteiger partial charge in [-0.1, -0.05) is 182 Å². The van der Waals surface area contributed by atoms with Crippen molar-refractivity contribution in [2.75, 3.05) is 0 Å². The second-order valence-electron chi connectivity index (χ2n) is 18.7. The zero-order valence-electron chi connectivity index (χ0n) is 39.5. The molecule has 1 saturated carbocycles. The molecule has 0 saturated heterocycles. The first-order valence-electron chi connectivity index (χ1n) is 22.7. The monoisotopic (exact) mass is 827 g/mol. The molecule has 1 aliphatic carbocycles. The number of hydrogen-bond donors (Lipinski definition) is 2. The summed E-state index contributed by atoms with van der Waals surface area (Å²) in [5, 5.41) is 21.1. The fraction of sp³-hybridized carbons (Fsp3) is 0.593. The minimum Gasteiger partial charge on any atom is -0.462 e. The van der Waals surface area contributed by atoms with Crippen LogP contribution in [0, 0.1) is 10.8 Å². The quantitative estimate of drug-likeness (QED) is 0.0281. The Bertz CT molecular complexity index is 1650. The van der Waals surface area contributed by atoms with E-state index in [0.29, 0.717) is 19.3 Å². The molecular weight excluding hydrogens is 745 g/mol. The highest BCUT2D eigenvalue weighted by Crippen LogP contribution is 2.45. The standard InChI is InChI=1S/C54H82O6/c1-12-13-14-15-16-17-18-19-20-21-22-33-51(58)60-48(38-46(6)55)41-53(9,10)50(57)37-35-45(5)32-26-30-43(3)28-24-23-27-42(2)29-25-31-44(4)34-36-49-52(7,8)39-47(56)40-54(49,11)59/h23-32,34-35,37,47-48,56,59H,12-22,33,38-41H2,1-11H3. The largest absolute Gasteiger partial charge is 0.462 e. The predicted molar refractivity (Wildman–Crippen MR) is 252 cm³/mol. The molecule has 1 fully saturated rings. The summed E-state index contributed by atoms with van der Waals surface area (Å²) in [7, 11) is 0.